The van der Waals surface area contributed by atoms with Crippen LogP contribution in [0.1, 0.15) is 11.3 Å². The minimum atomic E-state index is -0.598. The molecular weight excluding hydrogens is 406 g/mol. The van der Waals surface area contributed by atoms with Crippen molar-refractivity contribution in [3.63, 3.8) is 0 Å². The normalized spacial score (nSPS) is 14.8. The Labute approximate surface area is 187 Å². The second-order valence-corrected chi connectivity index (χ2v) is 7.85. The van der Waals surface area contributed by atoms with E-state index in [4.69, 9.17) is 10.5 Å². The van der Waals surface area contributed by atoms with E-state index >= 15 is 0 Å². The fraction of sp³-hybridized carbons (Fsp3) is 0.292. The molecule has 8 heteroatoms. The zero-order valence-electron chi connectivity index (χ0n) is 18.1. The van der Waals surface area contributed by atoms with Gasteiger partial charge < -0.3 is 20.3 Å². The SMILES string of the molecule is Cc1cc(OC(=O)N2CCN(C(=O)[C@@H](N)Cc3ccccc3)CC2)n(-c2ccccc2)n1. The van der Waals surface area contributed by atoms with Gasteiger partial charge in [0.15, 0.2) is 0 Å². The minimum absolute atomic E-state index is 0.0975. The molecule has 1 saturated heterocycles. The summed E-state index contributed by atoms with van der Waals surface area (Å²) in [6, 6.07) is 20.4. The molecule has 3 aromatic rings. The summed E-state index contributed by atoms with van der Waals surface area (Å²) in [5.74, 6) is 0.265. The van der Waals surface area contributed by atoms with Crippen LogP contribution in [0.3, 0.4) is 0 Å². The first-order valence-corrected chi connectivity index (χ1v) is 10.7. The number of amides is 2. The van der Waals surface area contributed by atoms with Crippen LogP contribution in [0.2, 0.25) is 0 Å². The number of para-hydroxylation sites is 1. The number of ether oxygens (including phenoxy) is 1. The molecule has 2 heterocycles. The molecule has 0 bridgehead atoms. The molecule has 0 radical (unpaired) electrons. The maximum absolute atomic E-state index is 12.7. The van der Waals surface area contributed by atoms with E-state index in [1.165, 1.54) is 0 Å². The third kappa shape index (κ3) is 4.97. The van der Waals surface area contributed by atoms with Crippen LogP contribution in [-0.2, 0) is 11.2 Å². The van der Waals surface area contributed by atoms with Gasteiger partial charge >= 0.3 is 6.09 Å². The summed E-state index contributed by atoms with van der Waals surface area (Å²) in [6.07, 6.45) is 0.0351. The van der Waals surface area contributed by atoms with E-state index in [2.05, 4.69) is 5.10 Å². The quantitative estimate of drug-likeness (QED) is 0.667. The Morgan fingerprint density at radius 2 is 1.56 bits per heavy atom. The summed E-state index contributed by atoms with van der Waals surface area (Å²) in [4.78, 5) is 28.8. The topological polar surface area (TPSA) is 93.7 Å². The van der Waals surface area contributed by atoms with Crippen LogP contribution >= 0.6 is 0 Å². The Hall–Kier alpha value is -3.65. The van der Waals surface area contributed by atoms with E-state index in [1.54, 1.807) is 20.5 Å². The van der Waals surface area contributed by atoms with Gasteiger partial charge in [0.1, 0.15) is 0 Å². The van der Waals surface area contributed by atoms with Gasteiger partial charge in [-0.15, -0.1) is 0 Å². The smallest absolute Gasteiger partial charge is 0.391 e. The number of aryl methyl sites for hydroxylation is 1. The Morgan fingerprint density at radius 1 is 0.969 bits per heavy atom. The largest absolute Gasteiger partial charge is 0.416 e. The lowest BCUT2D eigenvalue weighted by Gasteiger charge is -2.35. The monoisotopic (exact) mass is 433 g/mol. The second kappa shape index (κ2) is 9.65. The van der Waals surface area contributed by atoms with E-state index in [1.807, 2.05) is 67.6 Å². The molecule has 0 spiro atoms. The van der Waals surface area contributed by atoms with E-state index in [9.17, 15) is 9.59 Å². The highest BCUT2D eigenvalue weighted by Gasteiger charge is 2.28. The molecule has 1 fully saturated rings. The average molecular weight is 434 g/mol. The molecule has 1 aliphatic rings. The van der Waals surface area contributed by atoms with Crippen molar-refractivity contribution in [2.75, 3.05) is 26.2 Å². The molecular formula is C24H27N5O3. The molecule has 0 unspecified atom stereocenters. The molecule has 1 aliphatic heterocycles. The lowest BCUT2D eigenvalue weighted by molar-refractivity contribution is -0.134. The zero-order valence-corrected chi connectivity index (χ0v) is 18.1. The molecule has 2 amide bonds. The van der Waals surface area contributed by atoms with Gasteiger partial charge in [-0.2, -0.15) is 5.10 Å². The van der Waals surface area contributed by atoms with Gasteiger partial charge in [0.2, 0.25) is 11.8 Å². The zero-order chi connectivity index (χ0) is 22.5. The van der Waals surface area contributed by atoms with Gasteiger partial charge in [0.05, 0.1) is 17.4 Å². The highest BCUT2D eigenvalue weighted by Crippen LogP contribution is 2.20. The molecule has 166 valence electrons. The highest BCUT2D eigenvalue weighted by atomic mass is 16.6. The molecule has 4 rings (SSSR count). The van der Waals surface area contributed by atoms with Crippen LogP contribution in [0.25, 0.3) is 5.69 Å². The number of hydrogen-bond acceptors (Lipinski definition) is 5. The number of piperazine rings is 1. The van der Waals surface area contributed by atoms with Crippen molar-refractivity contribution < 1.29 is 14.3 Å². The predicted octanol–water partition coefficient (Wildman–Crippen LogP) is 2.39. The molecule has 8 nitrogen and oxygen atoms in total. The summed E-state index contributed by atoms with van der Waals surface area (Å²) in [7, 11) is 0. The first-order chi connectivity index (χ1) is 15.5. The standard InChI is InChI=1S/C24H27N5O3/c1-18-16-22(29(26-18)20-10-6-3-7-11-20)32-24(31)28-14-12-27(13-15-28)23(30)21(25)17-19-8-4-2-5-9-19/h2-11,16,21H,12-15,17,25H2,1H3/t21-/m0/s1. The van der Waals surface area contributed by atoms with Crippen molar-refractivity contribution in [2.45, 2.75) is 19.4 Å². The number of nitrogens with zero attached hydrogens (tertiary/aromatic N) is 4. The maximum Gasteiger partial charge on any atom is 0.416 e. The number of hydrogen-bond donors (Lipinski definition) is 1. The van der Waals surface area contributed by atoms with Gasteiger partial charge in [-0.3, -0.25) is 4.79 Å². The minimum Gasteiger partial charge on any atom is -0.391 e. The predicted molar refractivity (Wildman–Crippen MR) is 121 cm³/mol. The second-order valence-electron chi connectivity index (χ2n) is 7.85. The first-order valence-electron chi connectivity index (χ1n) is 10.7. The van der Waals surface area contributed by atoms with Gasteiger partial charge in [-0.05, 0) is 31.0 Å². The van der Waals surface area contributed by atoms with E-state index in [-0.39, 0.29) is 5.91 Å². The number of carbonyl (C=O) groups excluding carboxylic acids is 2. The number of rotatable bonds is 5. The van der Waals surface area contributed by atoms with Crippen LogP contribution in [0.15, 0.2) is 66.7 Å². The maximum atomic E-state index is 12.7. The number of aromatic nitrogens is 2. The van der Waals surface area contributed by atoms with E-state index < -0.39 is 12.1 Å². The number of nitrogens with two attached hydrogens (primary N) is 1. The first kappa shape index (κ1) is 21.6. The van der Waals surface area contributed by atoms with Gasteiger partial charge in [0, 0.05) is 32.2 Å². The van der Waals surface area contributed by atoms with Crippen LogP contribution in [0.4, 0.5) is 4.79 Å². The van der Waals surface area contributed by atoms with Crippen molar-refractivity contribution in [2.24, 2.45) is 5.73 Å². The fourth-order valence-electron chi connectivity index (χ4n) is 3.76. The highest BCUT2D eigenvalue weighted by molar-refractivity contribution is 5.82. The Kier molecular flexibility index (Phi) is 6.51. The number of carbonyl (C=O) groups is 2. The molecule has 2 aromatic carbocycles. The van der Waals surface area contributed by atoms with Crippen LogP contribution < -0.4 is 10.5 Å². The van der Waals surface area contributed by atoms with Crippen molar-refractivity contribution >= 4 is 12.0 Å². The van der Waals surface area contributed by atoms with Gasteiger partial charge in [-0.1, -0.05) is 48.5 Å². The third-order valence-corrected chi connectivity index (χ3v) is 5.46. The van der Waals surface area contributed by atoms with Crippen molar-refractivity contribution in [3.8, 4) is 11.6 Å². The average Bonchev–Trinajstić information content (AvgIpc) is 3.19. The molecule has 2 N–H and O–H groups in total. The van der Waals surface area contributed by atoms with E-state index in [0.29, 0.717) is 38.5 Å². The summed E-state index contributed by atoms with van der Waals surface area (Å²) >= 11 is 0. The van der Waals surface area contributed by atoms with Crippen molar-refractivity contribution in [1.82, 2.24) is 19.6 Å². The third-order valence-electron chi connectivity index (χ3n) is 5.46. The van der Waals surface area contributed by atoms with Gasteiger partial charge in [-0.25, -0.2) is 9.48 Å². The van der Waals surface area contributed by atoms with Crippen molar-refractivity contribution in [1.29, 1.82) is 0 Å². The Balaban J connectivity index is 1.33. The molecule has 32 heavy (non-hydrogen) atoms. The Bertz CT molecular complexity index is 1060. The molecule has 0 aliphatic carbocycles. The van der Waals surface area contributed by atoms with Crippen LogP contribution in [0, 0.1) is 6.92 Å². The molecule has 1 atom stereocenters. The summed E-state index contributed by atoms with van der Waals surface area (Å²) in [6.45, 7) is 3.48. The molecule has 1 aromatic heterocycles. The summed E-state index contributed by atoms with van der Waals surface area (Å²) in [5, 5.41) is 4.42. The van der Waals surface area contributed by atoms with Crippen LogP contribution in [0.5, 0.6) is 5.88 Å². The lowest BCUT2D eigenvalue weighted by Crippen LogP contribution is -2.55. The van der Waals surface area contributed by atoms with E-state index in [0.717, 1.165) is 16.9 Å². The summed E-state index contributed by atoms with van der Waals surface area (Å²) in [5.41, 5.74) is 8.73. The summed E-state index contributed by atoms with van der Waals surface area (Å²) < 4.78 is 7.25. The molecule has 0 saturated carbocycles. The fourth-order valence-corrected chi connectivity index (χ4v) is 3.76. The number of benzene rings is 2. The van der Waals surface area contributed by atoms with Gasteiger partial charge in [0.25, 0.3) is 0 Å². The lowest BCUT2D eigenvalue weighted by atomic mass is 10.1. The van der Waals surface area contributed by atoms with Crippen LogP contribution in [-0.4, -0.2) is 63.8 Å². The van der Waals surface area contributed by atoms with Crippen molar-refractivity contribution in [3.05, 3.63) is 78.0 Å². The Morgan fingerprint density at radius 3 is 2.22 bits per heavy atom.